The highest BCUT2D eigenvalue weighted by Gasteiger charge is 2.39. The molecule has 1 aromatic heterocycles. The van der Waals surface area contributed by atoms with Crippen LogP contribution in [0, 0.1) is 11.8 Å². The number of hydrogen-bond donors (Lipinski definition) is 1. The Morgan fingerprint density at radius 3 is 2.60 bits per heavy atom. The number of amides is 2. The van der Waals surface area contributed by atoms with Crippen molar-refractivity contribution in [1.82, 2.24) is 25.2 Å². The zero-order chi connectivity index (χ0) is 24.6. The Bertz CT molecular complexity index is 1290. The van der Waals surface area contributed by atoms with E-state index in [2.05, 4.69) is 20.1 Å². The first-order chi connectivity index (χ1) is 16.7. The van der Waals surface area contributed by atoms with E-state index in [0.29, 0.717) is 54.3 Å². The van der Waals surface area contributed by atoms with Gasteiger partial charge in [0.05, 0.1) is 0 Å². The third-order valence-corrected chi connectivity index (χ3v) is 6.47. The number of halogens is 3. The lowest BCUT2D eigenvalue weighted by Gasteiger charge is -2.34. The summed E-state index contributed by atoms with van der Waals surface area (Å²) in [5, 5.41) is 10.6. The van der Waals surface area contributed by atoms with Gasteiger partial charge >= 0.3 is 6.36 Å². The van der Waals surface area contributed by atoms with E-state index in [4.69, 9.17) is 0 Å². The van der Waals surface area contributed by atoms with Crippen molar-refractivity contribution < 1.29 is 27.5 Å². The van der Waals surface area contributed by atoms with Crippen LogP contribution in [0.2, 0.25) is 0 Å². The van der Waals surface area contributed by atoms with Gasteiger partial charge in [-0.1, -0.05) is 12.1 Å². The van der Waals surface area contributed by atoms with Crippen molar-refractivity contribution in [3.8, 4) is 5.75 Å². The summed E-state index contributed by atoms with van der Waals surface area (Å²) in [6.07, 6.45) is -1.14. The van der Waals surface area contributed by atoms with Gasteiger partial charge in [-0.25, -0.2) is 0 Å². The second-order valence-electron chi connectivity index (χ2n) is 8.78. The number of nitrogens with one attached hydrogen (secondary N) is 1. The normalized spacial score (nSPS) is 20.4. The average molecular weight is 485 g/mol. The minimum absolute atomic E-state index is 0.0704. The van der Waals surface area contributed by atoms with Gasteiger partial charge in [-0.15, -0.1) is 13.2 Å². The van der Waals surface area contributed by atoms with Crippen molar-refractivity contribution in [3.63, 3.8) is 0 Å². The van der Waals surface area contributed by atoms with E-state index in [1.165, 1.54) is 30.4 Å². The van der Waals surface area contributed by atoms with Crippen LogP contribution in [0.3, 0.4) is 0 Å². The molecule has 3 heterocycles. The molecule has 2 fully saturated rings. The Balaban J connectivity index is 1.20. The summed E-state index contributed by atoms with van der Waals surface area (Å²) >= 11 is 0. The summed E-state index contributed by atoms with van der Waals surface area (Å²) in [6, 6.07) is 10.7. The molecule has 8 nitrogen and oxygen atoms in total. The average Bonchev–Trinajstić information content (AvgIpc) is 3.47. The fourth-order valence-electron chi connectivity index (χ4n) is 4.78. The first-order valence-electron chi connectivity index (χ1n) is 11.2. The van der Waals surface area contributed by atoms with Crippen molar-refractivity contribution >= 4 is 28.9 Å². The number of aromatic amines is 1. The van der Waals surface area contributed by atoms with Gasteiger partial charge in [0.1, 0.15) is 16.8 Å². The molecule has 35 heavy (non-hydrogen) atoms. The van der Waals surface area contributed by atoms with E-state index >= 15 is 0 Å². The maximum absolute atomic E-state index is 13.0. The largest absolute Gasteiger partial charge is 0.573 e. The molecule has 2 saturated heterocycles. The molecule has 0 bridgehead atoms. The number of hydrogen-bond acceptors (Lipinski definition) is 5. The van der Waals surface area contributed by atoms with Crippen molar-refractivity contribution in [2.75, 3.05) is 26.2 Å². The lowest BCUT2D eigenvalue weighted by Crippen LogP contribution is -2.43. The van der Waals surface area contributed by atoms with Crippen LogP contribution in [0.5, 0.6) is 5.75 Å². The van der Waals surface area contributed by atoms with E-state index in [1.807, 2.05) is 4.90 Å². The van der Waals surface area contributed by atoms with Gasteiger partial charge in [0.25, 0.3) is 5.91 Å². The van der Waals surface area contributed by atoms with Crippen LogP contribution >= 0.6 is 0 Å². The second kappa shape index (κ2) is 9.05. The molecule has 0 saturated carbocycles. The highest BCUT2D eigenvalue weighted by Crippen LogP contribution is 2.32. The number of likely N-dealkylation sites (tertiary alicyclic amines) is 2. The fourth-order valence-corrected chi connectivity index (χ4v) is 4.78. The highest BCUT2D eigenvalue weighted by molar-refractivity contribution is 5.97. The summed E-state index contributed by atoms with van der Waals surface area (Å²) in [5.74, 6) is -0.149. The number of piperidine rings is 1. The first-order valence-corrected chi connectivity index (χ1v) is 11.2. The zero-order valence-corrected chi connectivity index (χ0v) is 18.5. The van der Waals surface area contributed by atoms with E-state index in [9.17, 15) is 22.8 Å². The SMILES string of the molecule is O=C(C=Cc1cccc(OC(F)(F)F)c1)N1C[C@H]2CCN(C(=O)c3ccc4n[nH]nc4c3)C[C@@H]2C1. The van der Waals surface area contributed by atoms with Crippen LogP contribution in [0.4, 0.5) is 13.2 Å². The molecule has 2 aliphatic heterocycles. The molecule has 5 rings (SSSR count). The third-order valence-electron chi connectivity index (χ3n) is 6.47. The Kier molecular flexibility index (Phi) is 5.91. The molecular weight excluding hydrogens is 463 g/mol. The van der Waals surface area contributed by atoms with Crippen molar-refractivity contribution in [1.29, 1.82) is 0 Å². The Hall–Kier alpha value is -3.89. The maximum Gasteiger partial charge on any atom is 0.573 e. The number of nitrogens with zero attached hydrogens (tertiary/aromatic N) is 4. The van der Waals surface area contributed by atoms with Crippen molar-refractivity contribution in [2.24, 2.45) is 11.8 Å². The lowest BCUT2D eigenvalue weighted by molar-refractivity contribution is -0.274. The summed E-state index contributed by atoms with van der Waals surface area (Å²) in [5.41, 5.74) is 2.30. The van der Waals surface area contributed by atoms with Crippen LogP contribution in [-0.4, -0.2) is 69.6 Å². The van der Waals surface area contributed by atoms with Gasteiger partial charge in [0.15, 0.2) is 0 Å². The Morgan fingerprint density at radius 1 is 1.00 bits per heavy atom. The smallest absolute Gasteiger partial charge is 0.406 e. The molecule has 2 amide bonds. The number of carbonyl (C=O) groups excluding carboxylic acids is 2. The van der Waals surface area contributed by atoms with E-state index < -0.39 is 6.36 Å². The van der Waals surface area contributed by atoms with Gasteiger partial charge in [0.2, 0.25) is 5.91 Å². The monoisotopic (exact) mass is 485 g/mol. The lowest BCUT2D eigenvalue weighted by atomic mass is 9.88. The quantitative estimate of drug-likeness (QED) is 0.572. The topological polar surface area (TPSA) is 91.4 Å². The van der Waals surface area contributed by atoms with Crippen LogP contribution in [0.25, 0.3) is 17.1 Å². The molecule has 2 atom stereocenters. The van der Waals surface area contributed by atoms with Crippen LogP contribution < -0.4 is 4.74 Å². The number of benzene rings is 2. The maximum atomic E-state index is 13.0. The van der Waals surface area contributed by atoms with Crippen LogP contribution in [-0.2, 0) is 4.79 Å². The molecule has 3 aromatic rings. The van der Waals surface area contributed by atoms with Crippen LogP contribution in [0.15, 0.2) is 48.5 Å². The van der Waals surface area contributed by atoms with Crippen molar-refractivity contribution in [3.05, 3.63) is 59.7 Å². The first kappa shape index (κ1) is 22.9. The number of alkyl halides is 3. The van der Waals surface area contributed by atoms with E-state index in [0.717, 1.165) is 6.42 Å². The third kappa shape index (κ3) is 5.13. The molecular formula is C24H22F3N5O3. The van der Waals surface area contributed by atoms with Gasteiger partial charge < -0.3 is 14.5 Å². The molecule has 2 aromatic carbocycles. The van der Waals surface area contributed by atoms with E-state index in [1.54, 1.807) is 29.2 Å². The number of ether oxygens (including phenoxy) is 1. The molecule has 182 valence electrons. The van der Waals surface area contributed by atoms with Gasteiger partial charge in [-0.2, -0.15) is 15.4 Å². The minimum atomic E-state index is -4.78. The number of rotatable bonds is 4. The fraction of sp³-hybridized carbons (Fsp3) is 0.333. The summed E-state index contributed by atoms with van der Waals surface area (Å²) < 4.78 is 41.2. The molecule has 11 heteroatoms. The standard InChI is InChI=1S/C24H22F3N5O3/c25-24(26,27)35-19-3-1-2-15(10-19)4-7-22(33)32-12-17-8-9-31(13-18(17)14-32)23(34)16-5-6-20-21(11-16)29-30-28-20/h1-7,10-11,17-18H,8-9,12-14H2,(H,28,29,30)/t17-,18-/m1/s1. The summed E-state index contributed by atoms with van der Waals surface area (Å²) in [6.45, 7) is 2.29. The van der Waals surface area contributed by atoms with Crippen LogP contribution in [0.1, 0.15) is 22.3 Å². The molecule has 1 N–H and O–H groups in total. The predicted molar refractivity (Wildman–Crippen MR) is 120 cm³/mol. The molecule has 2 aliphatic rings. The number of carbonyl (C=O) groups is 2. The van der Waals surface area contributed by atoms with Gasteiger partial charge in [-0.3, -0.25) is 9.59 Å². The van der Waals surface area contributed by atoms with Gasteiger partial charge in [0, 0.05) is 37.8 Å². The van der Waals surface area contributed by atoms with Crippen molar-refractivity contribution in [2.45, 2.75) is 12.8 Å². The van der Waals surface area contributed by atoms with E-state index in [-0.39, 0.29) is 23.5 Å². The molecule has 0 aliphatic carbocycles. The number of H-pyrrole nitrogens is 1. The number of fused-ring (bicyclic) bond motifs is 2. The second-order valence-corrected chi connectivity index (χ2v) is 8.78. The zero-order valence-electron chi connectivity index (χ0n) is 18.5. The Morgan fingerprint density at radius 2 is 1.77 bits per heavy atom. The summed E-state index contributed by atoms with van der Waals surface area (Å²) in [4.78, 5) is 29.3. The summed E-state index contributed by atoms with van der Waals surface area (Å²) in [7, 11) is 0. The Labute approximate surface area is 198 Å². The molecule has 0 spiro atoms. The predicted octanol–water partition coefficient (Wildman–Crippen LogP) is 3.49. The minimum Gasteiger partial charge on any atom is -0.406 e. The molecule has 0 unspecified atom stereocenters. The number of aromatic nitrogens is 3. The van der Waals surface area contributed by atoms with Gasteiger partial charge in [-0.05, 0) is 60.2 Å². The molecule has 0 radical (unpaired) electrons. The highest BCUT2D eigenvalue weighted by atomic mass is 19.4.